The SMILES string of the molecule is Cc1csc(Nc2nnc3cc(-c4ncccc4C(F)(F)F)cnn23)c1. The molecule has 0 aliphatic heterocycles. The van der Waals surface area contributed by atoms with Gasteiger partial charge in [0.15, 0.2) is 5.65 Å². The molecule has 10 heteroatoms. The Morgan fingerprint density at radius 3 is 2.77 bits per heavy atom. The average Bonchev–Trinajstić information content (AvgIpc) is 3.20. The highest BCUT2D eigenvalue weighted by Gasteiger charge is 2.34. The van der Waals surface area contributed by atoms with Crippen LogP contribution >= 0.6 is 11.3 Å². The molecule has 0 aromatic carbocycles. The van der Waals surface area contributed by atoms with Crippen molar-refractivity contribution in [3.63, 3.8) is 0 Å². The van der Waals surface area contributed by atoms with Gasteiger partial charge in [-0.05, 0) is 42.1 Å². The molecule has 0 unspecified atom stereocenters. The highest BCUT2D eigenvalue weighted by atomic mass is 32.1. The van der Waals surface area contributed by atoms with E-state index in [1.807, 2.05) is 18.4 Å². The number of pyridine rings is 1. The molecule has 26 heavy (non-hydrogen) atoms. The number of nitrogens with zero attached hydrogens (tertiary/aromatic N) is 5. The first kappa shape index (κ1) is 16.5. The average molecular weight is 376 g/mol. The third-order valence-electron chi connectivity index (χ3n) is 3.61. The van der Waals surface area contributed by atoms with E-state index in [1.165, 1.54) is 40.4 Å². The number of aryl methyl sites for hydroxylation is 1. The monoisotopic (exact) mass is 376 g/mol. The molecule has 132 valence electrons. The molecule has 0 radical (unpaired) electrons. The second-order valence-electron chi connectivity index (χ2n) is 5.55. The maximum Gasteiger partial charge on any atom is 0.418 e. The van der Waals surface area contributed by atoms with Crippen LogP contribution in [-0.2, 0) is 6.18 Å². The van der Waals surface area contributed by atoms with Crippen LogP contribution in [0.25, 0.3) is 16.9 Å². The molecule has 4 aromatic heterocycles. The van der Waals surface area contributed by atoms with E-state index in [0.29, 0.717) is 11.6 Å². The van der Waals surface area contributed by atoms with Crippen LogP contribution in [0.4, 0.5) is 24.1 Å². The number of halogens is 3. The Morgan fingerprint density at radius 2 is 2.04 bits per heavy atom. The summed E-state index contributed by atoms with van der Waals surface area (Å²) in [5, 5.41) is 18.1. The fourth-order valence-corrected chi connectivity index (χ4v) is 3.26. The maximum atomic E-state index is 13.2. The zero-order chi connectivity index (χ0) is 18.3. The van der Waals surface area contributed by atoms with Crippen molar-refractivity contribution in [1.82, 2.24) is 24.8 Å². The van der Waals surface area contributed by atoms with Crippen molar-refractivity contribution < 1.29 is 13.2 Å². The van der Waals surface area contributed by atoms with Gasteiger partial charge in [0.25, 0.3) is 5.95 Å². The van der Waals surface area contributed by atoms with E-state index in [-0.39, 0.29) is 11.3 Å². The number of hydrogen-bond acceptors (Lipinski definition) is 6. The third-order valence-corrected chi connectivity index (χ3v) is 4.58. The van der Waals surface area contributed by atoms with Gasteiger partial charge in [0.1, 0.15) is 0 Å². The fourth-order valence-electron chi connectivity index (χ4n) is 2.47. The van der Waals surface area contributed by atoms with Crippen molar-refractivity contribution in [2.45, 2.75) is 13.1 Å². The largest absolute Gasteiger partial charge is 0.418 e. The summed E-state index contributed by atoms with van der Waals surface area (Å²) in [5.74, 6) is 0.380. The molecular weight excluding hydrogens is 365 g/mol. The Hall–Kier alpha value is -3.01. The summed E-state index contributed by atoms with van der Waals surface area (Å²) >= 11 is 1.51. The lowest BCUT2D eigenvalue weighted by Gasteiger charge is -2.11. The summed E-state index contributed by atoms with van der Waals surface area (Å²) in [6, 6.07) is 5.66. The van der Waals surface area contributed by atoms with E-state index in [4.69, 9.17) is 0 Å². The van der Waals surface area contributed by atoms with Crippen molar-refractivity contribution in [3.05, 3.63) is 53.2 Å². The van der Waals surface area contributed by atoms with Gasteiger partial charge in [0.05, 0.1) is 22.5 Å². The molecule has 0 atom stereocenters. The Kier molecular flexibility index (Phi) is 3.83. The number of rotatable bonds is 3. The molecule has 4 heterocycles. The summed E-state index contributed by atoms with van der Waals surface area (Å²) < 4.78 is 41.0. The molecule has 0 saturated heterocycles. The van der Waals surface area contributed by atoms with Gasteiger partial charge in [-0.2, -0.15) is 22.8 Å². The van der Waals surface area contributed by atoms with Crippen LogP contribution in [0.1, 0.15) is 11.1 Å². The number of anilines is 2. The van der Waals surface area contributed by atoms with Gasteiger partial charge in [-0.15, -0.1) is 21.5 Å². The summed E-state index contributed by atoms with van der Waals surface area (Å²) in [6.45, 7) is 1.97. The molecule has 0 saturated carbocycles. The number of fused-ring (bicyclic) bond motifs is 1. The Bertz CT molecular complexity index is 1080. The van der Waals surface area contributed by atoms with Crippen molar-refractivity contribution in [3.8, 4) is 11.3 Å². The zero-order valence-electron chi connectivity index (χ0n) is 13.3. The van der Waals surface area contributed by atoms with E-state index in [9.17, 15) is 13.2 Å². The van der Waals surface area contributed by atoms with Crippen LogP contribution < -0.4 is 5.32 Å². The Labute approximate surface area is 149 Å². The van der Waals surface area contributed by atoms with Gasteiger partial charge >= 0.3 is 6.18 Å². The molecule has 0 fully saturated rings. The van der Waals surface area contributed by atoms with Crippen LogP contribution in [0, 0.1) is 6.92 Å². The van der Waals surface area contributed by atoms with Gasteiger partial charge in [0.2, 0.25) is 0 Å². The minimum absolute atomic E-state index is 0.193. The van der Waals surface area contributed by atoms with E-state index in [2.05, 4.69) is 25.6 Å². The standard InChI is InChI=1S/C16H11F3N6S/c1-9-5-13(26-8-9)22-15-24-23-12-6-10(7-21-25(12)15)14-11(16(17,18)19)3-2-4-20-14/h2-8H,1H3,(H,22,24). The first-order valence-electron chi connectivity index (χ1n) is 7.48. The quantitative estimate of drug-likeness (QED) is 0.577. The minimum atomic E-state index is -4.51. The Morgan fingerprint density at radius 1 is 1.19 bits per heavy atom. The molecule has 6 nitrogen and oxygen atoms in total. The van der Waals surface area contributed by atoms with Crippen molar-refractivity contribution in [2.24, 2.45) is 0 Å². The first-order valence-corrected chi connectivity index (χ1v) is 8.36. The molecular formula is C16H11F3N6S. The molecule has 0 spiro atoms. The van der Waals surface area contributed by atoms with Gasteiger partial charge in [-0.3, -0.25) is 4.98 Å². The van der Waals surface area contributed by atoms with Crippen LogP contribution in [0.2, 0.25) is 0 Å². The van der Waals surface area contributed by atoms with Crippen molar-refractivity contribution in [1.29, 1.82) is 0 Å². The predicted molar refractivity (Wildman–Crippen MR) is 91.4 cm³/mol. The number of aromatic nitrogens is 5. The first-order chi connectivity index (χ1) is 12.4. The fraction of sp³-hybridized carbons (Fsp3) is 0.125. The molecule has 0 bridgehead atoms. The summed E-state index contributed by atoms with van der Waals surface area (Å²) in [7, 11) is 0. The molecule has 0 amide bonds. The lowest BCUT2D eigenvalue weighted by molar-refractivity contribution is -0.137. The van der Waals surface area contributed by atoms with Crippen LogP contribution in [-0.4, -0.2) is 24.8 Å². The highest BCUT2D eigenvalue weighted by molar-refractivity contribution is 7.14. The van der Waals surface area contributed by atoms with Crippen molar-refractivity contribution in [2.75, 3.05) is 5.32 Å². The lowest BCUT2D eigenvalue weighted by atomic mass is 10.1. The normalized spacial score (nSPS) is 11.8. The molecule has 4 rings (SSSR count). The third kappa shape index (κ3) is 2.99. The van der Waals surface area contributed by atoms with Crippen LogP contribution in [0.3, 0.4) is 0 Å². The zero-order valence-corrected chi connectivity index (χ0v) is 14.1. The van der Waals surface area contributed by atoms with Gasteiger partial charge in [0, 0.05) is 11.8 Å². The van der Waals surface area contributed by atoms with E-state index in [0.717, 1.165) is 16.6 Å². The van der Waals surface area contributed by atoms with Crippen molar-refractivity contribution >= 4 is 27.9 Å². The summed E-state index contributed by atoms with van der Waals surface area (Å²) in [5.41, 5.74) is 0.629. The van der Waals surface area contributed by atoms with Crippen LogP contribution in [0.5, 0.6) is 0 Å². The number of hydrogen-bond donors (Lipinski definition) is 1. The van der Waals surface area contributed by atoms with E-state index < -0.39 is 11.7 Å². The number of thiophene rings is 1. The minimum Gasteiger partial charge on any atom is -0.314 e. The van der Waals surface area contributed by atoms with E-state index >= 15 is 0 Å². The van der Waals surface area contributed by atoms with Gasteiger partial charge in [-0.1, -0.05) is 0 Å². The molecule has 0 aliphatic rings. The lowest BCUT2D eigenvalue weighted by Crippen LogP contribution is -2.08. The smallest absolute Gasteiger partial charge is 0.314 e. The second kappa shape index (κ2) is 6.06. The number of alkyl halides is 3. The maximum absolute atomic E-state index is 13.2. The van der Waals surface area contributed by atoms with Crippen LogP contribution in [0.15, 0.2) is 42.0 Å². The van der Waals surface area contributed by atoms with Gasteiger partial charge < -0.3 is 5.32 Å². The number of nitrogens with one attached hydrogen (secondary N) is 1. The molecule has 1 N–H and O–H groups in total. The second-order valence-corrected chi connectivity index (χ2v) is 6.46. The van der Waals surface area contributed by atoms with Gasteiger partial charge in [-0.25, -0.2) is 0 Å². The summed E-state index contributed by atoms with van der Waals surface area (Å²) in [6.07, 6.45) is -1.88. The molecule has 0 aliphatic carbocycles. The Balaban J connectivity index is 1.74. The highest BCUT2D eigenvalue weighted by Crippen LogP contribution is 2.35. The summed E-state index contributed by atoms with van der Waals surface area (Å²) in [4.78, 5) is 3.87. The molecule has 4 aromatic rings. The predicted octanol–water partition coefficient (Wildman–Crippen LogP) is 4.32. The van der Waals surface area contributed by atoms with E-state index in [1.54, 1.807) is 0 Å². The topological polar surface area (TPSA) is 68.0 Å².